The minimum atomic E-state index is -0.849. The maximum atomic E-state index is 11.2. The lowest BCUT2D eigenvalue weighted by atomic mass is 10.0. The van der Waals surface area contributed by atoms with Gasteiger partial charge in [0.25, 0.3) is 0 Å². The number of halogens is 2. The fourth-order valence-corrected chi connectivity index (χ4v) is 2.90. The highest BCUT2D eigenvalue weighted by atomic mass is 79.9. The van der Waals surface area contributed by atoms with Crippen molar-refractivity contribution in [3.8, 4) is 0 Å². The molecule has 0 radical (unpaired) electrons. The quantitative estimate of drug-likeness (QED) is 0.661. The molecule has 4 nitrogen and oxygen atoms in total. The summed E-state index contributed by atoms with van der Waals surface area (Å²) in [5, 5.41) is 10.9. The molecule has 3 N–H and O–H groups in total. The first-order chi connectivity index (χ1) is 9.54. The first-order valence-electron chi connectivity index (χ1n) is 5.89. The van der Waals surface area contributed by atoms with Gasteiger partial charge in [-0.25, -0.2) is 4.79 Å². The monoisotopic (exact) mass is 352 g/mol. The van der Waals surface area contributed by atoms with E-state index in [1.165, 1.54) is 0 Å². The molecular weight excluding hydrogens is 344 g/mol. The predicted octanol–water partition coefficient (Wildman–Crippen LogP) is 3.35. The summed E-state index contributed by atoms with van der Waals surface area (Å²) in [6.07, 6.45) is -0.849. The lowest BCUT2D eigenvalue weighted by Crippen LogP contribution is -2.00. The summed E-state index contributed by atoms with van der Waals surface area (Å²) in [6, 6.07) is 10.6. The zero-order valence-corrected chi connectivity index (χ0v) is 12.5. The van der Waals surface area contributed by atoms with Crippen LogP contribution >= 0.6 is 27.5 Å². The summed E-state index contributed by atoms with van der Waals surface area (Å²) in [4.78, 5) is 16.6. The number of rotatable bonds is 2. The number of aromatic amines is 2. The van der Waals surface area contributed by atoms with Gasteiger partial charge in [0.1, 0.15) is 6.10 Å². The molecule has 6 heteroatoms. The predicted molar refractivity (Wildman–Crippen MR) is 82.1 cm³/mol. The number of nitrogens with one attached hydrogen (secondary N) is 2. The van der Waals surface area contributed by atoms with Crippen LogP contribution in [0.25, 0.3) is 11.0 Å². The highest BCUT2D eigenvalue weighted by molar-refractivity contribution is 9.10. The number of fused-ring (bicyclic) bond motifs is 1. The van der Waals surface area contributed by atoms with E-state index in [4.69, 9.17) is 11.6 Å². The SMILES string of the molecule is O=c1[nH]c2ccc(C(O)c3ccc(Br)cc3Cl)cc2[nH]1. The van der Waals surface area contributed by atoms with Crippen molar-refractivity contribution in [2.45, 2.75) is 6.10 Å². The van der Waals surface area contributed by atoms with E-state index in [0.29, 0.717) is 27.2 Å². The Labute approximate surface area is 127 Å². The summed E-state index contributed by atoms with van der Waals surface area (Å²) in [7, 11) is 0. The molecule has 0 saturated carbocycles. The maximum Gasteiger partial charge on any atom is 0.323 e. The van der Waals surface area contributed by atoms with Gasteiger partial charge in [-0.05, 0) is 29.8 Å². The molecule has 0 bridgehead atoms. The molecule has 0 fully saturated rings. The summed E-state index contributed by atoms with van der Waals surface area (Å²) >= 11 is 9.47. The molecule has 0 spiro atoms. The summed E-state index contributed by atoms with van der Waals surface area (Å²) < 4.78 is 0.851. The van der Waals surface area contributed by atoms with Crippen molar-refractivity contribution in [1.29, 1.82) is 0 Å². The molecule has 2 aromatic carbocycles. The van der Waals surface area contributed by atoms with Crippen molar-refractivity contribution in [3.05, 3.63) is 67.5 Å². The summed E-state index contributed by atoms with van der Waals surface area (Å²) in [5.74, 6) is 0. The third kappa shape index (κ3) is 2.40. The average molecular weight is 354 g/mol. The maximum absolute atomic E-state index is 11.2. The van der Waals surface area contributed by atoms with Crippen LogP contribution in [0.2, 0.25) is 5.02 Å². The van der Waals surface area contributed by atoms with Crippen molar-refractivity contribution in [3.63, 3.8) is 0 Å². The number of aromatic nitrogens is 2. The number of hydrogen-bond donors (Lipinski definition) is 3. The number of benzene rings is 2. The smallest absolute Gasteiger partial charge is 0.323 e. The third-order valence-electron chi connectivity index (χ3n) is 3.11. The van der Waals surface area contributed by atoms with Crippen molar-refractivity contribution >= 4 is 38.6 Å². The van der Waals surface area contributed by atoms with Gasteiger partial charge in [0.05, 0.1) is 11.0 Å². The number of imidazole rings is 1. The topological polar surface area (TPSA) is 68.9 Å². The molecule has 0 amide bonds. The third-order valence-corrected chi connectivity index (χ3v) is 3.93. The van der Waals surface area contributed by atoms with Crippen LogP contribution < -0.4 is 5.69 Å². The van der Waals surface area contributed by atoms with E-state index in [0.717, 1.165) is 4.47 Å². The van der Waals surface area contributed by atoms with Gasteiger partial charge < -0.3 is 15.1 Å². The Morgan fingerprint density at radius 3 is 2.60 bits per heavy atom. The van der Waals surface area contributed by atoms with Crippen LogP contribution in [0.3, 0.4) is 0 Å². The van der Waals surface area contributed by atoms with Crippen molar-refractivity contribution in [2.75, 3.05) is 0 Å². The number of aliphatic hydroxyl groups is 1. The summed E-state index contributed by atoms with van der Waals surface area (Å²) in [6.45, 7) is 0. The second-order valence-electron chi connectivity index (χ2n) is 4.45. The van der Waals surface area contributed by atoms with E-state index in [1.54, 1.807) is 30.3 Å². The van der Waals surface area contributed by atoms with Gasteiger partial charge in [-0.1, -0.05) is 39.7 Å². The fraction of sp³-hybridized carbons (Fsp3) is 0.0714. The molecule has 102 valence electrons. The van der Waals surface area contributed by atoms with Crippen LogP contribution in [0.4, 0.5) is 0 Å². The van der Waals surface area contributed by atoms with E-state index >= 15 is 0 Å². The molecule has 0 aliphatic heterocycles. The Morgan fingerprint density at radius 1 is 1.10 bits per heavy atom. The van der Waals surface area contributed by atoms with Crippen molar-refractivity contribution < 1.29 is 5.11 Å². The van der Waals surface area contributed by atoms with Gasteiger partial charge in [-0.3, -0.25) is 0 Å². The van der Waals surface area contributed by atoms with E-state index in [2.05, 4.69) is 25.9 Å². The molecule has 1 heterocycles. The van der Waals surface area contributed by atoms with Gasteiger partial charge in [0.2, 0.25) is 0 Å². The molecule has 20 heavy (non-hydrogen) atoms. The molecule has 0 aliphatic rings. The Bertz CT molecular complexity index is 841. The number of aliphatic hydroxyl groups excluding tert-OH is 1. The van der Waals surface area contributed by atoms with E-state index < -0.39 is 6.10 Å². The molecule has 0 aliphatic carbocycles. The van der Waals surface area contributed by atoms with Gasteiger partial charge in [-0.15, -0.1) is 0 Å². The van der Waals surface area contributed by atoms with E-state index in [-0.39, 0.29) is 5.69 Å². The Hall–Kier alpha value is -1.56. The second-order valence-corrected chi connectivity index (χ2v) is 5.78. The van der Waals surface area contributed by atoms with Crippen LogP contribution in [0.5, 0.6) is 0 Å². The van der Waals surface area contributed by atoms with Crippen LogP contribution in [0.15, 0.2) is 45.7 Å². The highest BCUT2D eigenvalue weighted by Crippen LogP contribution is 2.31. The Morgan fingerprint density at radius 2 is 1.85 bits per heavy atom. The van der Waals surface area contributed by atoms with E-state index in [9.17, 15) is 9.90 Å². The van der Waals surface area contributed by atoms with Gasteiger partial charge >= 0.3 is 5.69 Å². The zero-order valence-electron chi connectivity index (χ0n) is 10.2. The highest BCUT2D eigenvalue weighted by Gasteiger charge is 2.15. The minimum absolute atomic E-state index is 0.270. The Kier molecular flexibility index (Phi) is 3.41. The fourth-order valence-electron chi connectivity index (χ4n) is 2.12. The summed E-state index contributed by atoms with van der Waals surface area (Å²) in [5.41, 5.74) is 2.37. The van der Waals surface area contributed by atoms with Crippen LogP contribution in [-0.4, -0.2) is 15.1 Å². The second kappa shape index (κ2) is 5.09. The lowest BCUT2D eigenvalue weighted by Gasteiger charge is -2.13. The first-order valence-corrected chi connectivity index (χ1v) is 7.06. The van der Waals surface area contributed by atoms with E-state index in [1.807, 2.05) is 6.07 Å². The van der Waals surface area contributed by atoms with Gasteiger partial charge in [0.15, 0.2) is 0 Å². The lowest BCUT2D eigenvalue weighted by molar-refractivity contribution is 0.220. The zero-order chi connectivity index (χ0) is 14.3. The molecule has 1 aromatic heterocycles. The molecule has 3 aromatic rings. The molecule has 3 rings (SSSR count). The van der Waals surface area contributed by atoms with Gasteiger partial charge in [-0.2, -0.15) is 0 Å². The van der Waals surface area contributed by atoms with Crippen LogP contribution in [0, 0.1) is 0 Å². The molecule has 1 unspecified atom stereocenters. The van der Waals surface area contributed by atoms with Crippen LogP contribution in [0.1, 0.15) is 17.2 Å². The average Bonchev–Trinajstić information content (AvgIpc) is 2.77. The standard InChI is InChI=1S/C14H10BrClN2O2/c15-8-2-3-9(10(16)6-8)13(19)7-1-4-11-12(5-7)18-14(20)17-11/h1-6,13,19H,(H2,17,18,20). The van der Waals surface area contributed by atoms with Crippen molar-refractivity contribution in [1.82, 2.24) is 9.97 Å². The normalized spacial score (nSPS) is 12.8. The number of hydrogen-bond acceptors (Lipinski definition) is 2. The largest absolute Gasteiger partial charge is 0.384 e. The molecular formula is C14H10BrClN2O2. The number of H-pyrrole nitrogens is 2. The van der Waals surface area contributed by atoms with Gasteiger partial charge in [0, 0.05) is 15.1 Å². The van der Waals surface area contributed by atoms with Crippen molar-refractivity contribution in [2.24, 2.45) is 0 Å². The Balaban J connectivity index is 2.06. The molecule has 1 atom stereocenters. The minimum Gasteiger partial charge on any atom is -0.384 e. The molecule has 0 saturated heterocycles. The van der Waals surface area contributed by atoms with Crippen LogP contribution in [-0.2, 0) is 0 Å². The first kappa shape index (κ1) is 13.4.